The van der Waals surface area contributed by atoms with Crippen molar-refractivity contribution in [2.45, 2.75) is 20.1 Å². The first-order valence-corrected chi connectivity index (χ1v) is 10.9. The lowest BCUT2D eigenvalue weighted by molar-refractivity contribution is 0.180. The van der Waals surface area contributed by atoms with Crippen molar-refractivity contribution in [1.82, 2.24) is 14.2 Å². The maximum Gasteiger partial charge on any atom is 0.211 e. The van der Waals surface area contributed by atoms with E-state index in [1.165, 1.54) is 16.1 Å². The minimum atomic E-state index is -3.08. The second-order valence-corrected chi connectivity index (χ2v) is 9.20. The Bertz CT molecular complexity index is 795. The molecule has 2 aromatic rings. The van der Waals surface area contributed by atoms with Crippen LogP contribution in [-0.2, 0) is 23.2 Å². The lowest BCUT2D eigenvalue weighted by atomic mass is 10.2. The van der Waals surface area contributed by atoms with Crippen molar-refractivity contribution < 1.29 is 13.2 Å². The van der Waals surface area contributed by atoms with Gasteiger partial charge < -0.3 is 4.74 Å². The summed E-state index contributed by atoms with van der Waals surface area (Å²) in [5, 5.41) is 3.00. The Morgan fingerprint density at radius 1 is 1.16 bits per heavy atom. The number of nitrogens with zero attached hydrogens (tertiary/aromatic N) is 3. The van der Waals surface area contributed by atoms with E-state index in [0.717, 1.165) is 36.1 Å². The van der Waals surface area contributed by atoms with Crippen LogP contribution in [0.25, 0.3) is 0 Å². The quantitative estimate of drug-likeness (QED) is 0.767. The molecule has 1 aliphatic rings. The van der Waals surface area contributed by atoms with E-state index in [2.05, 4.69) is 15.3 Å². The van der Waals surface area contributed by atoms with E-state index in [1.54, 1.807) is 11.3 Å². The van der Waals surface area contributed by atoms with Gasteiger partial charge in [-0.2, -0.15) is 4.31 Å². The van der Waals surface area contributed by atoms with Crippen LogP contribution in [0.5, 0.6) is 5.75 Å². The number of aryl methyl sites for hydroxylation is 1. The van der Waals surface area contributed by atoms with E-state index in [9.17, 15) is 8.42 Å². The number of aromatic nitrogens is 1. The van der Waals surface area contributed by atoms with Crippen LogP contribution in [0, 0.1) is 6.92 Å². The van der Waals surface area contributed by atoms with Crippen molar-refractivity contribution in [3.8, 4) is 5.75 Å². The molecule has 3 rings (SSSR count). The fourth-order valence-corrected chi connectivity index (χ4v) is 4.24. The van der Waals surface area contributed by atoms with Gasteiger partial charge in [0.05, 0.1) is 11.9 Å². The largest absolute Gasteiger partial charge is 0.486 e. The number of thiazole rings is 1. The standard InChI is InChI=1S/C17H23N3O3S2/c1-14-3-5-16(6-4-14)23-12-17-18-15(13-24-17)11-19-7-9-20(10-8-19)25(2,21)22/h3-6,13H,7-12H2,1-2H3. The molecular weight excluding hydrogens is 358 g/mol. The van der Waals surface area contributed by atoms with Crippen LogP contribution in [0.15, 0.2) is 29.6 Å². The number of hydrogen-bond acceptors (Lipinski definition) is 6. The minimum absolute atomic E-state index is 0.468. The summed E-state index contributed by atoms with van der Waals surface area (Å²) in [6.45, 7) is 5.83. The normalized spacial score (nSPS) is 16.9. The lowest BCUT2D eigenvalue weighted by Gasteiger charge is -2.32. The third kappa shape index (κ3) is 5.24. The molecular formula is C17H23N3O3S2. The van der Waals surface area contributed by atoms with Crippen LogP contribution in [0.1, 0.15) is 16.3 Å². The Morgan fingerprint density at radius 2 is 1.84 bits per heavy atom. The summed E-state index contributed by atoms with van der Waals surface area (Å²) in [5.41, 5.74) is 2.22. The van der Waals surface area contributed by atoms with E-state index < -0.39 is 10.0 Å². The molecule has 2 heterocycles. The van der Waals surface area contributed by atoms with E-state index in [-0.39, 0.29) is 0 Å². The van der Waals surface area contributed by atoms with Crippen molar-refractivity contribution in [3.63, 3.8) is 0 Å². The maximum absolute atomic E-state index is 11.5. The van der Waals surface area contributed by atoms with Gasteiger partial charge in [0, 0.05) is 38.1 Å². The van der Waals surface area contributed by atoms with E-state index in [0.29, 0.717) is 19.7 Å². The number of rotatable bonds is 6. The summed E-state index contributed by atoms with van der Waals surface area (Å²) in [6, 6.07) is 7.98. The van der Waals surface area contributed by atoms with E-state index >= 15 is 0 Å². The molecule has 1 fully saturated rings. The van der Waals surface area contributed by atoms with Crippen LogP contribution >= 0.6 is 11.3 Å². The zero-order chi connectivity index (χ0) is 17.9. The Morgan fingerprint density at radius 3 is 2.48 bits per heavy atom. The van der Waals surface area contributed by atoms with Crippen LogP contribution in [0.4, 0.5) is 0 Å². The SMILES string of the molecule is Cc1ccc(OCc2nc(CN3CCN(S(C)(=O)=O)CC3)cs2)cc1. The number of piperazine rings is 1. The molecule has 0 atom stereocenters. The molecule has 25 heavy (non-hydrogen) atoms. The molecule has 1 aromatic carbocycles. The number of benzene rings is 1. The minimum Gasteiger partial charge on any atom is -0.486 e. The molecule has 0 bridgehead atoms. The average molecular weight is 382 g/mol. The van der Waals surface area contributed by atoms with Gasteiger partial charge in [0.15, 0.2) is 0 Å². The summed E-state index contributed by atoms with van der Waals surface area (Å²) in [5.74, 6) is 0.847. The van der Waals surface area contributed by atoms with Crippen LogP contribution in [-0.4, -0.2) is 55.0 Å². The highest BCUT2D eigenvalue weighted by molar-refractivity contribution is 7.88. The molecule has 1 aromatic heterocycles. The van der Waals surface area contributed by atoms with Crippen molar-refractivity contribution in [3.05, 3.63) is 45.9 Å². The molecule has 0 amide bonds. The Labute approximate surface area is 153 Å². The van der Waals surface area contributed by atoms with Crippen molar-refractivity contribution in [2.75, 3.05) is 32.4 Å². The third-order valence-electron chi connectivity index (χ3n) is 4.17. The second kappa shape index (κ2) is 7.82. The van der Waals surface area contributed by atoms with E-state index in [4.69, 9.17) is 4.74 Å². The van der Waals surface area contributed by atoms with Gasteiger partial charge >= 0.3 is 0 Å². The molecule has 1 aliphatic heterocycles. The number of ether oxygens (including phenoxy) is 1. The van der Waals surface area contributed by atoms with Gasteiger partial charge in [0.2, 0.25) is 10.0 Å². The molecule has 0 unspecified atom stereocenters. The summed E-state index contributed by atoms with van der Waals surface area (Å²) in [4.78, 5) is 6.86. The summed E-state index contributed by atoms with van der Waals surface area (Å²) in [6.07, 6.45) is 1.27. The number of hydrogen-bond donors (Lipinski definition) is 0. The van der Waals surface area contributed by atoms with Gasteiger partial charge in [0.1, 0.15) is 17.4 Å². The van der Waals surface area contributed by atoms with Gasteiger partial charge in [0.25, 0.3) is 0 Å². The Balaban J connectivity index is 1.48. The predicted molar refractivity (Wildman–Crippen MR) is 99.3 cm³/mol. The molecule has 0 radical (unpaired) electrons. The highest BCUT2D eigenvalue weighted by Gasteiger charge is 2.23. The topological polar surface area (TPSA) is 62.7 Å². The Kier molecular flexibility index (Phi) is 5.73. The second-order valence-electron chi connectivity index (χ2n) is 6.27. The summed E-state index contributed by atoms with van der Waals surface area (Å²) in [7, 11) is -3.08. The van der Waals surface area contributed by atoms with Gasteiger partial charge in [-0.05, 0) is 19.1 Å². The highest BCUT2D eigenvalue weighted by Crippen LogP contribution is 2.17. The van der Waals surface area contributed by atoms with Gasteiger partial charge in [-0.25, -0.2) is 13.4 Å². The first kappa shape index (κ1) is 18.3. The van der Waals surface area contributed by atoms with E-state index in [1.807, 2.05) is 31.2 Å². The highest BCUT2D eigenvalue weighted by atomic mass is 32.2. The monoisotopic (exact) mass is 381 g/mol. The Hall–Kier alpha value is -1.48. The molecule has 1 saturated heterocycles. The summed E-state index contributed by atoms with van der Waals surface area (Å²) < 4.78 is 30.4. The molecule has 0 N–H and O–H groups in total. The summed E-state index contributed by atoms with van der Waals surface area (Å²) >= 11 is 1.60. The molecule has 0 spiro atoms. The van der Waals surface area contributed by atoms with Crippen LogP contribution in [0.3, 0.4) is 0 Å². The first-order chi connectivity index (χ1) is 11.9. The molecule has 0 saturated carbocycles. The van der Waals surface area contributed by atoms with Crippen LogP contribution in [0.2, 0.25) is 0 Å². The van der Waals surface area contributed by atoms with Gasteiger partial charge in [-0.3, -0.25) is 4.90 Å². The zero-order valence-electron chi connectivity index (χ0n) is 14.5. The fraction of sp³-hybridized carbons (Fsp3) is 0.471. The first-order valence-electron chi connectivity index (χ1n) is 8.20. The van der Waals surface area contributed by atoms with Crippen molar-refractivity contribution in [1.29, 1.82) is 0 Å². The van der Waals surface area contributed by atoms with Crippen molar-refractivity contribution in [2.24, 2.45) is 0 Å². The smallest absolute Gasteiger partial charge is 0.211 e. The van der Waals surface area contributed by atoms with Crippen LogP contribution < -0.4 is 4.74 Å². The fourth-order valence-electron chi connectivity index (χ4n) is 2.72. The number of sulfonamides is 1. The molecule has 136 valence electrons. The van der Waals surface area contributed by atoms with Crippen molar-refractivity contribution >= 4 is 21.4 Å². The van der Waals surface area contributed by atoms with Gasteiger partial charge in [-0.1, -0.05) is 17.7 Å². The lowest BCUT2D eigenvalue weighted by Crippen LogP contribution is -2.47. The predicted octanol–water partition coefficient (Wildman–Crippen LogP) is 2.11. The molecule has 6 nitrogen and oxygen atoms in total. The molecule has 8 heteroatoms. The average Bonchev–Trinajstić information content (AvgIpc) is 3.01. The third-order valence-corrected chi connectivity index (χ3v) is 6.34. The molecule has 0 aliphatic carbocycles. The zero-order valence-corrected chi connectivity index (χ0v) is 16.1. The van der Waals surface area contributed by atoms with Gasteiger partial charge in [-0.15, -0.1) is 11.3 Å². The maximum atomic E-state index is 11.5.